The van der Waals surface area contributed by atoms with Gasteiger partial charge in [0.2, 0.25) is 0 Å². The topological polar surface area (TPSA) is 158 Å². The normalized spacial score (nSPS) is 14.1. The average molecular weight is 888 g/mol. The van der Waals surface area contributed by atoms with Gasteiger partial charge in [0.15, 0.2) is 0 Å². The molecule has 9 nitrogen and oxygen atoms in total. The molecule has 0 aliphatic heterocycles. The maximum absolute atomic E-state index is 10.0. The van der Waals surface area contributed by atoms with Crippen LogP contribution in [0.4, 0.5) is 0 Å². The molecule has 0 saturated carbocycles. The van der Waals surface area contributed by atoms with Crippen LogP contribution < -0.4 is 0 Å². The molecule has 0 bridgehead atoms. The molecule has 0 saturated heterocycles. The van der Waals surface area contributed by atoms with E-state index in [0.29, 0.717) is 71.9 Å². The van der Waals surface area contributed by atoms with Crippen LogP contribution in [0.5, 0.6) is 0 Å². The summed E-state index contributed by atoms with van der Waals surface area (Å²) in [6.45, 7) is 19.9. The van der Waals surface area contributed by atoms with Crippen molar-refractivity contribution in [1.82, 2.24) is 0 Å². The fourth-order valence-electron chi connectivity index (χ4n) is 6.59. The zero-order chi connectivity index (χ0) is 45.0. The van der Waals surface area contributed by atoms with Crippen molar-refractivity contribution in [2.24, 2.45) is 31.7 Å². The van der Waals surface area contributed by atoms with Crippen molar-refractivity contribution in [3.63, 3.8) is 0 Å². The van der Waals surface area contributed by atoms with Crippen LogP contribution in [0.1, 0.15) is 175 Å². The molecule has 0 aliphatic rings. The zero-order valence-corrected chi connectivity index (χ0v) is 40.0. The molecule has 10 heteroatoms. The molecule has 0 fully saturated rings. The summed E-state index contributed by atoms with van der Waals surface area (Å²) in [5, 5.41) is 67.3. The first-order chi connectivity index (χ1) is 28.3. The van der Waals surface area contributed by atoms with Crippen molar-refractivity contribution in [2.75, 3.05) is 0 Å². The van der Waals surface area contributed by atoms with E-state index in [1.54, 1.807) is 0 Å². The summed E-state index contributed by atoms with van der Waals surface area (Å²) in [6, 6.07) is 28.8. The predicted octanol–water partition coefficient (Wildman–Crippen LogP) is 12.7. The van der Waals surface area contributed by atoms with Crippen LogP contribution in [0, 0.1) is 16.2 Å². The number of aliphatic hydroxyl groups is 3. The number of aliphatic hydroxyl groups excluding tert-OH is 3. The Labute approximate surface area is 380 Å². The Kier molecular flexibility index (Phi) is 29.5. The Morgan fingerprint density at radius 1 is 0.393 bits per heavy atom. The van der Waals surface area contributed by atoms with Crippen LogP contribution in [0.3, 0.4) is 0 Å². The van der Waals surface area contributed by atoms with Crippen LogP contribution in [-0.4, -0.2) is 66.4 Å². The molecule has 3 aromatic rings. The van der Waals surface area contributed by atoms with Crippen molar-refractivity contribution < 1.29 is 48.0 Å². The minimum absolute atomic E-state index is 0. The summed E-state index contributed by atoms with van der Waals surface area (Å²) in [6.07, 6.45) is 11.6. The number of rotatable bonds is 21. The van der Waals surface area contributed by atoms with Gasteiger partial charge in [0.05, 0.1) is 35.4 Å². The summed E-state index contributed by atoms with van der Waals surface area (Å²) in [5.41, 5.74) is 5.62. The third-order valence-electron chi connectivity index (χ3n) is 10.2. The van der Waals surface area contributed by atoms with E-state index >= 15 is 0 Å². The summed E-state index contributed by atoms with van der Waals surface area (Å²) in [5.74, 6) is 0. The molecule has 344 valence electrons. The van der Waals surface area contributed by atoms with Crippen molar-refractivity contribution >= 4 is 17.1 Å². The van der Waals surface area contributed by atoms with Crippen LogP contribution in [0.25, 0.3) is 0 Å². The molecular weight excluding hydrogens is 806 g/mol. The Morgan fingerprint density at radius 3 is 0.787 bits per heavy atom. The molecule has 3 aromatic carbocycles. The molecule has 3 rings (SSSR count). The van der Waals surface area contributed by atoms with Crippen molar-refractivity contribution in [3.8, 4) is 0 Å². The molecule has 3 unspecified atom stereocenters. The van der Waals surface area contributed by atoms with E-state index in [9.17, 15) is 15.3 Å². The molecule has 0 spiro atoms. The van der Waals surface area contributed by atoms with Gasteiger partial charge in [-0.25, -0.2) is 0 Å². The molecule has 0 radical (unpaired) electrons. The van der Waals surface area contributed by atoms with Crippen molar-refractivity contribution in [1.29, 1.82) is 0 Å². The Hall–Kier alpha value is -3.53. The zero-order valence-electron chi connectivity index (χ0n) is 38.9. The van der Waals surface area contributed by atoms with E-state index in [0.717, 1.165) is 74.5 Å². The molecule has 3 atom stereocenters. The number of oxime groups is 3. The van der Waals surface area contributed by atoms with Gasteiger partial charge < -0.3 is 30.9 Å². The molecule has 0 heterocycles. The van der Waals surface area contributed by atoms with Crippen molar-refractivity contribution in [2.45, 2.75) is 177 Å². The minimum Gasteiger partial charge on any atom is -0.411 e. The Morgan fingerprint density at radius 2 is 0.607 bits per heavy atom. The number of benzene rings is 3. The fourth-order valence-corrected chi connectivity index (χ4v) is 6.59. The van der Waals surface area contributed by atoms with Gasteiger partial charge >= 0.3 is 0 Å². The first-order valence-corrected chi connectivity index (χ1v) is 22.1. The summed E-state index contributed by atoms with van der Waals surface area (Å²) in [7, 11) is 0. The third kappa shape index (κ3) is 30.2. The molecule has 0 aliphatic carbocycles. The molecule has 0 amide bonds. The quantitative estimate of drug-likeness (QED) is 0.0270. The second-order valence-electron chi connectivity index (χ2n) is 19.7. The van der Waals surface area contributed by atoms with Gasteiger partial charge in [-0.3, -0.25) is 0 Å². The number of hydrogen-bond acceptors (Lipinski definition) is 9. The summed E-state index contributed by atoms with van der Waals surface area (Å²) < 4.78 is 0. The van der Waals surface area contributed by atoms with Gasteiger partial charge in [0.25, 0.3) is 0 Å². The summed E-state index contributed by atoms with van der Waals surface area (Å²) >= 11 is 0. The van der Waals surface area contributed by atoms with E-state index in [1.807, 2.05) is 91.0 Å². The van der Waals surface area contributed by atoms with Gasteiger partial charge in [-0.2, -0.15) is 0 Å². The van der Waals surface area contributed by atoms with E-state index < -0.39 is 0 Å². The maximum Gasteiger partial charge on any atom is 0.0868 e. The number of hydrogen-bond donors (Lipinski definition) is 6. The molecule has 0 aromatic heterocycles. The standard InChI is InChI=1S/3C17H27NO2.Fe/c3*1-17(2,3)13-7-10-15(19)11-12-16(18-20)14-8-5-4-6-9-14;/h3*4-6,8-9,15,19-20H,7,10-13H2,1-3H3;. The van der Waals surface area contributed by atoms with E-state index in [4.69, 9.17) is 15.6 Å². The van der Waals surface area contributed by atoms with E-state index in [2.05, 4.69) is 77.8 Å². The van der Waals surface area contributed by atoms with Crippen LogP contribution in [0.15, 0.2) is 106 Å². The van der Waals surface area contributed by atoms with Crippen LogP contribution in [0.2, 0.25) is 0 Å². The Balaban J connectivity index is 0.000000878. The van der Waals surface area contributed by atoms with Gasteiger partial charge in [-0.05, 0) is 110 Å². The average Bonchev–Trinajstić information content (AvgIpc) is 3.19. The van der Waals surface area contributed by atoms with Gasteiger partial charge in [0, 0.05) is 17.1 Å². The third-order valence-corrected chi connectivity index (χ3v) is 10.2. The van der Waals surface area contributed by atoms with E-state index in [-0.39, 0.29) is 35.4 Å². The summed E-state index contributed by atoms with van der Waals surface area (Å²) in [4.78, 5) is 0. The Bertz CT molecular complexity index is 1420. The molecular formula is C51H81FeN3O6. The van der Waals surface area contributed by atoms with Gasteiger partial charge in [-0.1, -0.05) is 188 Å². The van der Waals surface area contributed by atoms with Crippen molar-refractivity contribution in [3.05, 3.63) is 108 Å². The van der Waals surface area contributed by atoms with E-state index in [1.165, 1.54) is 0 Å². The first kappa shape index (κ1) is 57.5. The van der Waals surface area contributed by atoms with Crippen LogP contribution in [-0.2, 0) is 17.1 Å². The maximum atomic E-state index is 10.0. The fraction of sp³-hybridized carbons (Fsp3) is 0.588. The monoisotopic (exact) mass is 888 g/mol. The smallest absolute Gasteiger partial charge is 0.0868 e. The van der Waals surface area contributed by atoms with Crippen LogP contribution >= 0.6 is 0 Å². The number of nitrogens with zero attached hydrogens (tertiary/aromatic N) is 3. The SMILES string of the molecule is CC(C)(C)CCCC(O)CCC(=NO)c1ccccc1.CC(C)(C)CCCC(O)CCC(=NO)c1ccccc1.CC(C)(C)CCCC(O)CCC(=NO)c1ccccc1.[Fe]. The predicted molar refractivity (Wildman–Crippen MR) is 250 cm³/mol. The second-order valence-corrected chi connectivity index (χ2v) is 19.7. The first-order valence-electron chi connectivity index (χ1n) is 22.1. The molecule has 6 N–H and O–H groups in total. The minimum atomic E-state index is -0.321. The largest absolute Gasteiger partial charge is 0.411 e. The molecule has 61 heavy (non-hydrogen) atoms. The van der Waals surface area contributed by atoms with Gasteiger partial charge in [0.1, 0.15) is 0 Å². The van der Waals surface area contributed by atoms with Gasteiger partial charge in [-0.15, -0.1) is 0 Å². The second kappa shape index (κ2) is 31.3.